The van der Waals surface area contributed by atoms with Gasteiger partial charge in [0.15, 0.2) is 0 Å². The third-order valence-electron chi connectivity index (χ3n) is 2.06. The maximum atomic E-state index is 5.50. The Morgan fingerprint density at radius 3 is 2.53 bits per heavy atom. The molecule has 0 saturated heterocycles. The molecule has 2 rings (SSSR count). The van der Waals surface area contributed by atoms with E-state index < -0.39 is 0 Å². The summed E-state index contributed by atoms with van der Waals surface area (Å²) in [6.45, 7) is 2.06. The Balaban J connectivity index is 2.37. The summed E-state index contributed by atoms with van der Waals surface area (Å²) in [5, 5.41) is 2.84. The molecule has 0 aliphatic heterocycles. The number of nitrogens with zero attached hydrogens (tertiary/aromatic N) is 1. The van der Waals surface area contributed by atoms with Crippen LogP contribution in [0.1, 0.15) is 11.3 Å². The molecule has 0 radical (unpaired) electrons. The number of thiocarbonyl (C=S) groups is 1. The molecular weight excluding hydrogens is 224 g/mol. The van der Waals surface area contributed by atoms with Crippen LogP contribution in [0.2, 0.25) is 0 Å². The Hall–Kier alpha value is -1.26. The molecule has 1 aromatic carbocycles. The fraction of sp³-hybridized carbons (Fsp3) is 0.0909. The van der Waals surface area contributed by atoms with Crippen molar-refractivity contribution in [1.29, 1.82) is 0 Å². The fourth-order valence-electron chi connectivity index (χ4n) is 1.22. The van der Waals surface area contributed by atoms with Crippen molar-refractivity contribution < 1.29 is 0 Å². The van der Waals surface area contributed by atoms with Gasteiger partial charge in [-0.05, 0) is 6.92 Å². The van der Waals surface area contributed by atoms with E-state index in [9.17, 15) is 0 Å². The van der Waals surface area contributed by atoms with Gasteiger partial charge in [0.05, 0.1) is 0 Å². The largest absolute Gasteiger partial charge is 0.388 e. The SMILES string of the molecule is Cc1ccc(-c2nc(C(N)=S)cs2)cc1. The number of hydrogen-bond acceptors (Lipinski definition) is 3. The highest BCUT2D eigenvalue weighted by atomic mass is 32.1. The van der Waals surface area contributed by atoms with Gasteiger partial charge in [0.25, 0.3) is 0 Å². The van der Waals surface area contributed by atoms with Crippen molar-refractivity contribution in [1.82, 2.24) is 4.98 Å². The van der Waals surface area contributed by atoms with E-state index in [-0.39, 0.29) is 0 Å². The van der Waals surface area contributed by atoms with E-state index in [1.54, 1.807) is 11.3 Å². The van der Waals surface area contributed by atoms with E-state index in [4.69, 9.17) is 18.0 Å². The van der Waals surface area contributed by atoms with Crippen molar-refractivity contribution in [3.63, 3.8) is 0 Å². The van der Waals surface area contributed by atoms with Crippen LogP contribution in [0.15, 0.2) is 29.6 Å². The summed E-state index contributed by atoms with van der Waals surface area (Å²) in [6.07, 6.45) is 0. The summed E-state index contributed by atoms with van der Waals surface area (Å²) in [6, 6.07) is 8.24. The maximum Gasteiger partial charge on any atom is 0.124 e. The number of aromatic nitrogens is 1. The molecule has 0 amide bonds. The van der Waals surface area contributed by atoms with Crippen LogP contribution in [0.4, 0.5) is 0 Å². The molecule has 0 unspecified atom stereocenters. The summed E-state index contributed by atoms with van der Waals surface area (Å²) >= 11 is 6.43. The average Bonchev–Trinajstić information content (AvgIpc) is 2.68. The molecule has 2 N–H and O–H groups in total. The summed E-state index contributed by atoms with van der Waals surface area (Å²) in [5.74, 6) is 0. The van der Waals surface area contributed by atoms with E-state index in [0.29, 0.717) is 10.7 Å². The minimum Gasteiger partial charge on any atom is -0.388 e. The second-order valence-corrected chi connectivity index (χ2v) is 4.57. The Kier molecular flexibility index (Phi) is 2.79. The van der Waals surface area contributed by atoms with Gasteiger partial charge in [0.2, 0.25) is 0 Å². The minimum absolute atomic E-state index is 0.351. The number of rotatable bonds is 2. The van der Waals surface area contributed by atoms with Crippen molar-refractivity contribution in [3.05, 3.63) is 40.9 Å². The quantitative estimate of drug-likeness (QED) is 0.812. The van der Waals surface area contributed by atoms with Crippen molar-refractivity contribution >= 4 is 28.5 Å². The van der Waals surface area contributed by atoms with Gasteiger partial charge in [-0.1, -0.05) is 42.0 Å². The predicted octanol–water partition coefficient (Wildman–Crippen LogP) is 2.75. The molecule has 76 valence electrons. The number of thiazole rings is 1. The second kappa shape index (κ2) is 4.08. The molecule has 0 fully saturated rings. The molecule has 0 aliphatic carbocycles. The third kappa shape index (κ3) is 2.22. The summed E-state index contributed by atoms with van der Waals surface area (Å²) in [5.41, 5.74) is 8.55. The first-order valence-electron chi connectivity index (χ1n) is 4.49. The Labute approximate surface area is 97.8 Å². The zero-order valence-corrected chi connectivity index (χ0v) is 9.86. The van der Waals surface area contributed by atoms with Gasteiger partial charge < -0.3 is 5.73 Å². The lowest BCUT2D eigenvalue weighted by molar-refractivity contribution is 1.36. The van der Waals surface area contributed by atoms with E-state index in [2.05, 4.69) is 36.2 Å². The van der Waals surface area contributed by atoms with E-state index in [0.717, 1.165) is 10.6 Å². The Morgan fingerprint density at radius 2 is 2.00 bits per heavy atom. The molecule has 0 spiro atoms. The number of hydrogen-bond donors (Lipinski definition) is 1. The van der Waals surface area contributed by atoms with Gasteiger partial charge in [-0.25, -0.2) is 4.98 Å². The van der Waals surface area contributed by atoms with E-state index in [1.807, 2.05) is 5.38 Å². The lowest BCUT2D eigenvalue weighted by Gasteiger charge is -1.96. The summed E-state index contributed by atoms with van der Waals surface area (Å²) < 4.78 is 0. The summed E-state index contributed by atoms with van der Waals surface area (Å²) in [4.78, 5) is 4.71. The molecule has 0 bridgehead atoms. The number of aryl methyl sites for hydroxylation is 1. The average molecular weight is 234 g/mol. The lowest BCUT2D eigenvalue weighted by Crippen LogP contribution is -2.09. The zero-order valence-electron chi connectivity index (χ0n) is 8.23. The van der Waals surface area contributed by atoms with E-state index >= 15 is 0 Å². The van der Waals surface area contributed by atoms with Crippen molar-refractivity contribution in [2.24, 2.45) is 5.73 Å². The monoisotopic (exact) mass is 234 g/mol. The molecule has 2 nitrogen and oxygen atoms in total. The van der Waals surface area contributed by atoms with Gasteiger partial charge in [-0.3, -0.25) is 0 Å². The first-order valence-corrected chi connectivity index (χ1v) is 5.78. The molecule has 4 heteroatoms. The highest BCUT2D eigenvalue weighted by Gasteiger charge is 2.05. The van der Waals surface area contributed by atoms with Gasteiger partial charge in [-0.2, -0.15) is 0 Å². The van der Waals surface area contributed by atoms with Gasteiger partial charge in [-0.15, -0.1) is 11.3 Å². The molecule has 1 aromatic heterocycles. The minimum atomic E-state index is 0.351. The Morgan fingerprint density at radius 1 is 1.33 bits per heavy atom. The van der Waals surface area contributed by atoms with Crippen LogP contribution in [0.5, 0.6) is 0 Å². The van der Waals surface area contributed by atoms with Crippen molar-refractivity contribution in [3.8, 4) is 10.6 Å². The normalized spacial score (nSPS) is 10.2. The lowest BCUT2D eigenvalue weighted by atomic mass is 10.2. The van der Waals surface area contributed by atoms with Crippen LogP contribution in [-0.2, 0) is 0 Å². The van der Waals surface area contributed by atoms with Crippen LogP contribution in [0.3, 0.4) is 0 Å². The summed E-state index contributed by atoms with van der Waals surface area (Å²) in [7, 11) is 0. The standard InChI is InChI=1S/C11H10N2S2/c1-7-2-4-8(5-3-7)11-13-9(6-15-11)10(12)14/h2-6H,1H3,(H2,12,14). The predicted molar refractivity (Wildman–Crippen MR) is 68.2 cm³/mol. The molecular formula is C11H10N2S2. The maximum absolute atomic E-state index is 5.50. The van der Waals surface area contributed by atoms with Gasteiger partial charge >= 0.3 is 0 Å². The first kappa shape index (κ1) is 10.3. The molecule has 2 aromatic rings. The van der Waals surface area contributed by atoms with Gasteiger partial charge in [0.1, 0.15) is 15.7 Å². The Bertz CT molecular complexity index is 486. The highest BCUT2D eigenvalue weighted by molar-refractivity contribution is 7.80. The van der Waals surface area contributed by atoms with Crippen molar-refractivity contribution in [2.75, 3.05) is 0 Å². The molecule has 0 saturated carbocycles. The van der Waals surface area contributed by atoms with Gasteiger partial charge in [0, 0.05) is 10.9 Å². The molecule has 1 heterocycles. The fourth-order valence-corrected chi connectivity index (χ4v) is 2.22. The van der Waals surface area contributed by atoms with Crippen molar-refractivity contribution in [2.45, 2.75) is 6.92 Å². The smallest absolute Gasteiger partial charge is 0.124 e. The van der Waals surface area contributed by atoms with Crippen LogP contribution in [0.25, 0.3) is 10.6 Å². The van der Waals surface area contributed by atoms with E-state index in [1.165, 1.54) is 5.56 Å². The third-order valence-corrected chi connectivity index (χ3v) is 3.16. The first-order chi connectivity index (χ1) is 7.16. The molecule has 15 heavy (non-hydrogen) atoms. The second-order valence-electron chi connectivity index (χ2n) is 3.27. The highest BCUT2D eigenvalue weighted by Crippen LogP contribution is 2.23. The zero-order chi connectivity index (χ0) is 10.8. The van der Waals surface area contributed by atoms with Crippen LogP contribution in [-0.4, -0.2) is 9.97 Å². The van der Waals surface area contributed by atoms with Crippen LogP contribution >= 0.6 is 23.6 Å². The topological polar surface area (TPSA) is 38.9 Å². The number of nitrogens with two attached hydrogens (primary N) is 1. The van der Waals surface area contributed by atoms with Crippen LogP contribution < -0.4 is 5.73 Å². The molecule has 0 aliphatic rings. The van der Waals surface area contributed by atoms with Crippen LogP contribution in [0, 0.1) is 6.92 Å². The molecule has 0 atom stereocenters. The number of benzene rings is 1.